The van der Waals surface area contributed by atoms with Gasteiger partial charge in [0.1, 0.15) is 11.9 Å². The number of carbonyl (C=O) groups is 4. The molecule has 1 aromatic carbocycles. The Morgan fingerprint density at radius 3 is 2.15 bits per heavy atom. The average Bonchev–Trinajstić information content (AvgIpc) is 3.02. The molecule has 0 saturated carbocycles. The van der Waals surface area contributed by atoms with Crippen molar-refractivity contribution in [1.29, 1.82) is 0 Å². The van der Waals surface area contributed by atoms with Gasteiger partial charge < -0.3 is 10.2 Å². The van der Waals surface area contributed by atoms with E-state index in [1.165, 1.54) is 21.9 Å². The zero-order valence-corrected chi connectivity index (χ0v) is 20.3. The van der Waals surface area contributed by atoms with Gasteiger partial charge >= 0.3 is 0 Å². The third kappa shape index (κ3) is 5.90. The first-order valence-electron chi connectivity index (χ1n) is 11.9. The molecule has 1 N–H and O–H groups in total. The summed E-state index contributed by atoms with van der Waals surface area (Å²) in [4.78, 5) is 54.6. The maximum Gasteiger partial charge on any atom is 0.243 e. The second kappa shape index (κ2) is 10.5. The highest BCUT2D eigenvalue weighted by molar-refractivity contribution is 6.05. The number of allylic oxidation sites excluding steroid dienone is 2. The van der Waals surface area contributed by atoms with Gasteiger partial charge in [-0.15, -0.1) is 0 Å². The Labute approximate surface area is 200 Å². The lowest BCUT2D eigenvalue weighted by Crippen LogP contribution is -2.53. The van der Waals surface area contributed by atoms with Crippen LogP contribution in [0.5, 0.6) is 0 Å². The van der Waals surface area contributed by atoms with Crippen LogP contribution in [0.2, 0.25) is 0 Å². The van der Waals surface area contributed by atoms with Gasteiger partial charge in [-0.3, -0.25) is 24.1 Å². The maximum atomic E-state index is 13.4. The van der Waals surface area contributed by atoms with E-state index in [4.69, 9.17) is 0 Å². The molecule has 0 bridgehead atoms. The topological polar surface area (TPSA) is 86.8 Å². The molecule has 1 fully saturated rings. The highest BCUT2D eigenvalue weighted by atomic mass is 19.1. The van der Waals surface area contributed by atoms with Gasteiger partial charge in [0, 0.05) is 25.0 Å². The third-order valence-electron chi connectivity index (χ3n) is 6.30. The Kier molecular flexibility index (Phi) is 7.89. The van der Waals surface area contributed by atoms with Gasteiger partial charge in [0.2, 0.25) is 23.6 Å². The van der Waals surface area contributed by atoms with E-state index in [9.17, 15) is 23.6 Å². The molecule has 0 spiro atoms. The number of hydrogen-bond donors (Lipinski definition) is 1. The number of rotatable bonds is 8. The van der Waals surface area contributed by atoms with Crippen molar-refractivity contribution in [3.8, 4) is 0 Å². The summed E-state index contributed by atoms with van der Waals surface area (Å²) < 4.78 is 13.4. The minimum absolute atomic E-state index is 0.0132. The molecule has 1 saturated heterocycles. The second-order valence-electron chi connectivity index (χ2n) is 10.0. The van der Waals surface area contributed by atoms with Crippen LogP contribution < -0.4 is 5.32 Å². The number of nitrogens with one attached hydrogen (secondary N) is 1. The molecular formula is C26H34FN3O4. The molecule has 0 radical (unpaired) electrons. The molecule has 2 aliphatic rings. The largest absolute Gasteiger partial charge is 0.350 e. The minimum Gasteiger partial charge on any atom is -0.350 e. The average molecular weight is 472 g/mol. The SMILES string of the molecule is CCC(C(=O)NC(C)(C)C)N(Cc1ccc(F)cc1)C(=O)CCN1C(=O)[C@H]2CC=CC[C@H]2C1=O. The molecule has 4 amide bonds. The molecule has 1 aliphatic carbocycles. The standard InChI is InChI=1S/C26H34FN3O4/c1-5-21(23(32)28-26(2,3)4)30(16-17-10-12-18(27)13-11-17)22(31)14-15-29-24(33)19-8-6-7-9-20(19)25(29)34/h6-7,10-13,19-21H,5,8-9,14-16H2,1-4H3,(H,28,32)/t19-,20+,21?. The summed E-state index contributed by atoms with van der Waals surface area (Å²) in [6, 6.07) is 5.04. The third-order valence-corrected chi connectivity index (χ3v) is 6.30. The van der Waals surface area contributed by atoms with Crippen molar-refractivity contribution in [3.63, 3.8) is 0 Å². The molecule has 1 heterocycles. The molecule has 34 heavy (non-hydrogen) atoms. The van der Waals surface area contributed by atoms with Crippen molar-refractivity contribution < 1.29 is 23.6 Å². The van der Waals surface area contributed by atoms with Crippen molar-refractivity contribution in [1.82, 2.24) is 15.1 Å². The van der Waals surface area contributed by atoms with Crippen LogP contribution >= 0.6 is 0 Å². The number of nitrogens with zero attached hydrogens (tertiary/aromatic N) is 2. The van der Waals surface area contributed by atoms with Gasteiger partial charge in [0.25, 0.3) is 0 Å². The van der Waals surface area contributed by atoms with E-state index < -0.39 is 11.6 Å². The first-order valence-corrected chi connectivity index (χ1v) is 11.9. The van der Waals surface area contributed by atoms with Gasteiger partial charge in [0.15, 0.2) is 0 Å². The zero-order valence-electron chi connectivity index (χ0n) is 20.3. The molecule has 1 aromatic rings. The zero-order chi connectivity index (χ0) is 25.0. The molecule has 0 aromatic heterocycles. The summed E-state index contributed by atoms with van der Waals surface area (Å²) in [7, 11) is 0. The fraction of sp³-hybridized carbons (Fsp3) is 0.538. The number of imide groups is 1. The Morgan fingerprint density at radius 2 is 1.65 bits per heavy atom. The number of likely N-dealkylation sites (tertiary alicyclic amines) is 1. The number of benzene rings is 1. The number of amides is 4. The normalized spacial score (nSPS) is 20.8. The smallest absolute Gasteiger partial charge is 0.243 e. The van der Waals surface area contributed by atoms with Crippen LogP contribution in [0.3, 0.4) is 0 Å². The molecule has 184 valence electrons. The van der Waals surface area contributed by atoms with E-state index in [0.717, 1.165) is 0 Å². The van der Waals surface area contributed by atoms with Crippen LogP contribution in [0.15, 0.2) is 36.4 Å². The summed E-state index contributed by atoms with van der Waals surface area (Å²) >= 11 is 0. The van der Waals surface area contributed by atoms with Gasteiger partial charge in [-0.25, -0.2) is 4.39 Å². The van der Waals surface area contributed by atoms with Gasteiger partial charge in [0.05, 0.1) is 11.8 Å². The van der Waals surface area contributed by atoms with Gasteiger partial charge in [-0.2, -0.15) is 0 Å². The summed E-state index contributed by atoms with van der Waals surface area (Å²) in [5.41, 5.74) is 0.204. The van der Waals surface area contributed by atoms with E-state index >= 15 is 0 Å². The number of fused-ring (bicyclic) bond motifs is 1. The van der Waals surface area contributed by atoms with Crippen LogP contribution in [0.4, 0.5) is 4.39 Å². The Balaban J connectivity index is 1.77. The predicted molar refractivity (Wildman–Crippen MR) is 126 cm³/mol. The fourth-order valence-corrected chi connectivity index (χ4v) is 4.60. The van der Waals surface area contributed by atoms with Crippen molar-refractivity contribution >= 4 is 23.6 Å². The van der Waals surface area contributed by atoms with Gasteiger partial charge in [-0.05, 0) is 57.7 Å². The highest BCUT2D eigenvalue weighted by Gasteiger charge is 2.47. The van der Waals surface area contributed by atoms with E-state index in [0.29, 0.717) is 24.8 Å². The monoisotopic (exact) mass is 471 g/mol. The quantitative estimate of drug-likeness (QED) is 0.466. The Hall–Kier alpha value is -3.03. The lowest BCUT2D eigenvalue weighted by atomic mass is 9.85. The van der Waals surface area contributed by atoms with E-state index in [1.54, 1.807) is 12.1 Å². The van der Waals surface area contributed by atoms with Crippen molar-refractivity contribution in [2.75, 3.05) is 6.54 Å². The second-order valence-corrected chi connectivity index (χ2v) is 10.0. The number of hydrogen-bond acceptors (Lipinski definition) is 4. The summed E-state index contributed by atoms with van der Waals surface area (Å²) in [5.74, 6) is -2.15. The molecular weight excluding hydrogens is 437 g/mol. The highest BCUT2D eigenvalue weighted by Crippen LogP contribution is 2.35. The summed E-state index contributed by atoms with van der Waals surface area (Å²) in [6.45, 7) is 7.52. The van der Waals surface area contributed by atoms with Crippen LogP contribution in [0, 0.1) is 17.7 Å². The predicted octanol–water partition coefficient (Wildman–Crippen LogP) is 3.19. The number of carbonyl (C=O) groups excluding carboxylic acids is 4. The molecule has 1 aliphatic heterocycles. The molecule has 3 rings (SSSR count). The van der Waals surface area contributed by atoms with E-state index in [2.05, 4.69) is 5.32 Å². The van der Waals surface area contributed by atoms with Crippen LogP contribution in [-0.4, -0.2) is 51.6 Å². The van der Waals surface area contributed by atoms with Crippen LogP contribution in [0.1, 0.15) is 58.9 Å². The van der Waals surface area contributed by atoms with Gasteiger partial charge in [-0.1, -0.05) is 31.2 Å². The minimum atomic E-state index is -0.742. The first kappa shape index (κ1) is 25.6. The Morgan fingerprint density at radius 1 is 1.09 bits per heavy atom. The first-order chi connectivity index (χ1) is 16.0. The lowest BCUT2D eigenvalue weighted by molar-refractivity contribution is -0.144. The number of halogens is 1. The summed E-state index contributed by atoms with van der Waals surface area (Å²) in [6.07, 6.45) is 5.23. The summed E-state index contributed by atoms with van der Waals surface area (Å²) in [5, 5.41) is 2.93. The van der Waals surface area contributed by atoms with Crippen LogP contribution in [0.25, 0.3) is 0 Å². The van der Waals surface area contributed by atoms with E-state index in [-0.39, 0.29) is 60.8 Å². The van der Waals surface area contributed by atoms with Crippen molar-refractivity contribution in [2.24, 2.45) is 11.8 Å². The molecule has 1 unspecified atom stereocenters. The lowest BCUT2D eigenvalue weighted by Gasteiger charge is -2.33. The molecule has 7 nitrogen and oxygen atoms in total. The molecule has 8 heteroatoms. The van der Waals surface area contributed by atoms with Crippen molar-refractivity contribution in [3.05, 3.63) is 47.8 Å². The molecule has 3 atom stereocenters. The van der Waals surface area contributed by atoms with Crippen LogP contribution in [-0.2, 0) is 25.7 Å². The fourth-order valence-electron chi connectivity index (χ4n) is 4.60. The maximum absolute atomic E-state index is 13.4. The Bertz CT molecular complexity index is 941. The van der Waals surface area contributed by atoms with Crippen molar-refractivity contribution in [2.45, 2.75) is 71.5 Å². The van der Waals surface area contributed by atoms with E-state index in [1.807, 2.05) is 39.8 Å².